The molecule has 0 unspecified atom stereocenters. The Kier molecular flexibility index (Phi) is 3.81. The second-order valence-electron chi connectivity index (χ2n) is 4.25. The number of anilines is 1. The maximum atomic E-state index is 13.5. The fraction of sp³-hybridized carbons (Fsp3) is 0.0714. The van der Waals surface area contributed by atoms with Gasteiger partial charge in [0.1, 0.15) is 11.9 Å². The first kappa shape index (κ1) is 15.1. The number of aromatic carboxylic acids is 1. The molecular formula is C14H10FN3O4. The summed E-state index contributed by atoms with van der Waals surface area (Å²) in [4.78, 5) is 23.1. The number of ether oxygens (including phenoxy) is 1. The summed E-state index contributed by atoms with van der Waals surface area (Å²) in [5.41, 5.74) is 4.84. The van der Waals surface area contributed by atoms with Gasteiger partial charge in [0, 0.05) is 6.20 Å². The van der Waals surface area contributed by atoms with Gasteiger partial charge in [-0.25, -0.2) is 14.0 Å². The highest BCUT2D eigenvalue weighted by Crippen LogP contribution is 2.27. The van der Waals surface area contributed by atoms with Crippen LogP contribution in [0.1, 0.15) is 26.4 Å². The van der Waals surface area contributed by atoms with Gasteiger partial charge in [0.15, 0.2) is 5.69 Å². The lowest BCUT2D eigenvalue weighted by atomic mass is 10.1. The molecule has 0 radical (unpaired) electrons. The second kappa shape index (κ2) is 5.57. The molecule has 0 aliphatic rings. The minimum Gasteiger partial charge on any atom is -0.478 e. The first-order chi connectivity index (χ1) is 10.4. The normalized spacial score (nSPS) is 10.0. The SMILES string of the molecule is COC(=O)c1c(N)c(C#N)cn1-c1cc(F)ccc1C(=O)O. The maximum absolute atomic E-state index is 13.5. The molecule has 1 aromatic heterocycles. The number of nitrogen functional groups attached to an aromatic ring is 1. The Hall–Kier alpha value is -3.34. The van der Waals surface area contributed by atoms with Crippen LogP contribution < -0.4 is 5.73 Å². The lowest BCUT2D eigenvalue weighted by Gasteiger charge is -2.11. The molecule has 0 atom stereocenters. The van der Waals surface area contributed by atoms with Crippen LogP contribution in [0.2, 0.25) is 0 Å². The van der Waals surface area contributed by atoms with E-state index in [4.69, 9.17) is 11.0 Å². The average Bonchev–Trinajstić information content (AvgIpc) is 2.82. The zero-order valence-electron chi connectivity index (χ0n) is 11.3. The zero-order chi connectivity index (χ0) is 16.4. The summed E-state index contributed by atoms with van der Waals surface area (Å²) in [6, 6.07) is 4.73. The molecule has 2 rings (SSSR count). The van der Waals surface area contributed by atoms with Crippen LogP contribution in [0.25, 0.3) is 5.69 Å². The van der Waals surface area contributed by atoms with Crippen molar-refractivity contribution in [3.05, 3.63) is 47.0 Å². The minimum absolute atomic E-state index is 0.0546. The molecule has 2 aromatic rings. The average molecular weight is 303 g/mol. The number of aromatic nitrogens is 1. The fourth-order valence-electron chi connectivity index (χ4n) is 1.99. The number of carbonyl (C=O) groups is 2. The van der Waals surface area contributed by atoms with Gasteiger partial charge in [0.2, 0.25) is 0 Å². The molecule has 0 spiro atoms. The van der Waals surface area contributed by atoms with Gasteiger partial charge in [0.05, 0.1) is 29.6 Å². The number of halogens is 1. The van der Waals surface area contributed by atoms with Gasteiger partial charge in [-0.2, -0.15) is 5.26 Å². The topological polar surface area (TPSA) is 118 Å². The quantitative estimate of drug-likeness (QED) is 0.830. The van der Waals surface area contributed by atoms with E-state index in [-0.39, 0.29) is 28.2 Å². The van der Waals surface area contributed by atoms with Crippen LogP contribution in [0.15, 0.2) is 24.4 Å². The summed E-state index contributed by atoms with van der Waals surface area (Å²) in [5, 5.41) is 18.2. The predicted molar refractivity (Wildman–Crippen MR) is 73.2 cm³/mol. The number of nitrogens with zero attached hydrogens (tertiary/aromatic N) is 2. The maximum Gasteiger partial charge on any atom is 0.357 e. The van der Waals surface area contributed by atoms with E-state index in [9.17, 15) is 19.1 Å². The van der Waals surface area contributed by atoms with Crippen LogP contribution in [0, 0.1) is 17.1 Å². The fourth-order valence-corrected chi connectivity index (χ4v) is 1.99. The second-order valence-corrected chi connectivity index (χ2v) is 4.25. The number of hydrogen-bond donors (Lipinski definition) is 2. The van der Waals surface area contributed by atoms with E-state index in [0.717, 1.165) is 36.1 Å². The van der Waals surface area contributed by atoms with Crippen molar-refractivity contribution >= 4 is 17.6 Å². The van der Waals surface area contributed by atoms with E-state index in [1.165, 1.54) is 0 Å². The summed E-state index contributed by atoms with van der Waals surface area (Å²) in [6.45, 7) is 0. The molecule has 1 aromatic carbocycles. The molecule has 0 fully saturated rings. The van der Waals surface area contributed by atoms with Crippen molar-refractivity contribution < 1.29 is 23.8 Å². The Morgan fingerprint density at radius 2 is 2.14 bits per heavy atom. The Morgan fingerprint density at radius 3 is 2.68 bits per heavy atom. The molecular weight excluding hydrogens is 293 g/mol. The van der Waals surface area contributed by atoms with Crippen LogP contribution in [-0.2, 0) is 4.74 Å². The molecule has 0 bridgehead atoms. The van der Waals surface area contributed by atoms with E-state index in [0.29, 0.717) is 0 Å². The smallest absolute Gasteiger partial charge is 0.357 e. The molecule has 112 valence electrons. The standard InChI is InChI=1S/C14H10FN3O4/c1-22-14(21)12-11(17)7(5-16)6-18(12)10-4-8(15)2-3-9(10)13(19)20/h2-4,6H,17H2,1H3,(H,19,20). The third-order valence-corrected chi connectivity index (χ3v) is 2.99. The number of hydrogen-bond acceptors (Lipinski definition) is 5. The van der Waals surface area contributed by atoms with Crippen LogP contribution in [0.5, 0.6) is 0 Å². The third-order valence-electron chi connectivity index (χ3n) is 2.99. The highest BCUT2D eigenvalue weighted by atomic mass is 19.1. The van der Waals surface area contributed by atoms with E-state index in [1.54, 1.807) is 6.07 Å². The molecule has 7 nitrogen and oxygen atoms in total. The summed E-state index contributed by atoms with van der Waals surface area (Å²) in [6.07, 6.45) is 1.16. The third kappa shape index (κ3) is 2.35. The Morgan fingerprint density at radius 1 is 1.45 bits per heavy atom. The monoisotopic (exact) mass is 303 g/mol. The first-order valence-corrected chi connectivity index (χ1v) is 5.93. The summed E-state index contributed by atoms with van der Waals surface area (Å²) in [7, 11) is 1.11. The van der Waals surface area contributed by atoms with Crippen molar-refractivity contribution in [3.8, 4) is 11.8 Å². The molecule has 1 heterocycles. The number of esters is 1. The van der Waals surface area contributed by atoms with Crippen molar-refractivity contribution in [2.75, 3.05) is 12.8 Å². The van der Waals surface area contributed by atoms with E-state index in [2.05, 4.69) is 4.74 Å². The van der Waals surface area contributed by atoms with Crippen molar-refractivity contribution in [2.45, 2.75) is 0 Å². The van der Waals surface area contributed by atoms with Crippen LogP contribution in [0.3, 0.4) is 0 Å². The van der Waals surface area contributed by atoms with Crippen molar-refractivity contribution in [3.63, 3.8) is 0 Å². The highest BCUT2D eigenvalue weighted by molar-refractivity contribution is 5.98. The molecule has 0 amide bonds. The Labute approximate surface area is 123 Å². The van der Waals surface area contributed by atoms with Crippen molar-refractivity contribution in [1.29, 1.82) is 5.26 Å². The summed E-state index contributed by atoms with van der Waals surface area (Å²) < 4.78 is 19.1. The highest BCUT2D eigenvalue weighted by Gasteiger charge is 2.24. The molecule has 0 saturated carbocycles. The number of benzene rings is 1. The van der Waals surface area contributed by atoms with Gasteiger partial charge >= 0.3 is 11.9 Å². The van der Waals surface area contributed by atoms with E-state index >= 15 is 0 Å². The number of nitrogens with two attached hydrogens (primary N) is 1. The van der Waals surface area contributed by atoms with Crippen LogP contribution in [0.4, 0.5) is 10.1 Å². The molecule has 0 saturated heterocycles. The van der Waals surface area contributed by atoms with Crippen LogP contribution in [-0.4, -0.2) is 28.7 Å². The lowest BCUT2D eigenvalue weighted by molar-refractivity contribution is 0.0590. The number of methoxy groups -OCH3 is 1. The van der Waals surface area contributed by atoms with Gasteiger partial charge in [-0.15, -0.1) is 0 Å². The number of carboxylic acids is 1. The first-order valence-electron chi connectivity index (χ1n) is 5.93. The summed E-state index contributed by atoms with van der Waals surface area (Å²) >= 11 is 0. The molecule has 3 N–H and O–H groups in total. The van der Waals surface area contributed by atoms with E-state index in [1.807, 2.05) is 0 Å². The van der Waals surface area contributed by atoms with Gasteiger partial charge < -0.3 is 20.1 Å². The van der Waals surface area contributed by atoms with Crippen molar-refractivity contribution in [2.24, 2.45) is 0 Å². The van der Waals surface area contributed by atoms with Crippen molar-refractivity contribution in [1.82, 2.24) is 4.57 Å². The lowest BCUT2D eigenvalue weighted by Crippen LogP contribution is -2.14. The van der Waals surface area contributed by atoms with Gasteiger partial charge in [-0.3, -0.25) is 0 Å². The molecule has 0 aliphatic carbocycles. The Balaban J connectivity index is 2.84. The minimum atomic E-state index is -1.32. The zero-order valence-corrected chi connectivity index (χ0v) is 11.3. The molecule has 0 aliphatic heterocycles. The largest absolute Gasteiger partial charge is 0.478 e. The predicted octanol–water partition coefficient (Wildman–Crippen LogP) is 1.56. The molecule has 22 heavy (non-hydrogen) atoms. The molecule has 8 heteroatoms. The van der Waals surface area contributed by atoms with Gasteiger partial charge in [-0.1, -0.05) is 0 Å². The number of carboxylic acid groups (broad SMARTS) is 1. The number of carbonyl (C=O) groups excluding carboxylic acids is 1. The van der Waals surface area contributed by atoms with Gasteiger partial charge in [0.25, 0.3) is 0 Å². The van der Waals surface area contributed by atoms with Crippen LogP contribution >= 0.6 is 0 Å². The number of nitriles is 1. The summed E-state index contributed by atoms with van der Waals surface area (Å²) in [5.74, 6) is -2.90. The Bertz CT molecular complexity index is 820. The van der Waals surface area contributed by atoms with Gasteiger partial charge in [-0.05, 0) is 18.2 Å². The number of rotatable bonds is 3. The van der Waals surface area contributed by atoms with E-state index < -0.39 is 17.8 Å².